The third-order valence-electron chi connectivity index (χ3n) is 5.18. The van der Waals surface area contributed by atoms with Crippen LogP contribution in [0.4, 0.5) is 5.69 Å². The molecule has 2 saturated carbocycles. The Labute approximate surface area is 149 Å². The first kappa shape index (κ1) is 17.8. The summed E-state index contributed by atoms with van der Waals surface area (Å²) in [5.41, 5.74) is 0.555. The van der Waals surface area contributed by atoms with Crippen molar-refractivity contribution in [3.8, 4) is 5.75 Å². The molecule has 0 unspecified atom stereocenters. The standard InChI is InChI=1S/C20H28N2O3/c23-18-8-4-5-16(13-18)21-19(24)11-12-20(25)22(14-15-9-10-15)17-6-2-1-3-7-17/h4-5,8,13,15,17,23H,1-3,6-7,9-12,14H2,(H,21,24). The molecule has 1 aromatic carbocycles. The van der Waals surface area contributed by atoms with Gasteiger partial charge in [0.15, 0.2) is 0 Å². The molecule has 2 aliphatic rings. The van der Waals surface area contributed by atoms with Crippen molar-refractivity contribution in [2.75, 3.05) is 11.9 Å². The van der Waals surface area contributed by atoms with Crippen LogP contribution in [0, 0.1) is 5.92 Å². The second-order valence-electron chi connectivity index (χ2n) is 7.38. The highest BCUT2D eigenvalue weighted by atomic mass is 16.3. The molecule has 2 fully saturated rings. The monoisotopic (exact) mass is 344 g/mol. The highest BCUT2D eigenvalue weighted by molar-refractivity contribution is 5.93. The van der Waals surface area contributed by atoms with Gasteiger partial charge in [-0.15, -0.1) is 0 Å². The topological polar surface area (TPSA) is 69.6 Å². The summed E-state index contributed by atoms with van der Waals surface area (Å²) in [5.74, 6) is 0.715. The summed E-state index contributed by atoms with van der Waals surface area (Å²) in [6.07, 6.45) is 8.80. The molecule has 2 N–H and O–H groups in total. The van der Waals surface area contributed by atoms with E-state index in [0.717, 1.165) is 19.4 Å². The molecule has 0 radical (unpaired) electrons. The van der Waals surface area contributed by atoms with Crippen molar-refractivity contribution >= 4 is 17.5 Å². The second-order valence-corrected chi connectivity index (χ2v) is 7.38. The SMILES string of the molecule is O=C(CCC(=O)N(CC1CC1)C1CCCCC1)Nc1cccc(O)c1. The van der Waals surface area contributed by atoms with Crippen molar-refractivity contribution < 1.29 is 14.7 Å². The predicted octanol–water partition coefficient (Wildman–Crippen LogP) is 3.68. The molecular formula is C20H28N2O3. The van der Waals surface area contributed by atoms with Gasteiger partial charge in [-0.3, -0.25) is 9.59 Å². The van der Waals surface area contributed by atoms with E-state index in [1.165, 1.54) is 38.2 Å². The lowest BCUT2D eigenvalue weighted by Gasteiger charge is -2.34. The number of aromatic hydroxyl groups is 1. The molecule has 3 rings (SSSR count). The normalized spacial score (nSPS) is 17.9. The Hall–Kier alpha value is -2.04. The van der Waals surface area contributed by atoms with Gasteiger partial charge in [-0.25, -0.2) is 0 Å². The fourth-order valence-electron chi connectivity index (χ4n) is 3.60. The summed E-state index contributed by atoms with van der Waals surface area (Å²) in [4.78, 5) is 26.9. The molecule has 5 heteroatoms. The van der Waals surface area contributed by atoms with Crippen molar-refractivity contribution in [3.05, 3.63) is 24.3 Å². The van der Waals surface area contributed by atoms with Crippen LogP contribution in [0.5, 0.6) is 5.75 Å². The molecule has 0 aliphatic heterocycles. The molecule has 2 amide bonds. The lowest BCUT2D eigenvalue weighted by Crippen LogP contribution is -2.42. The highest BCUT2D eigenvalue weighted by Gasteiger charge is 2.31. The van der Waals surface area contributed by atoms with Gasteiger partial charge in [0.1, 0.15) is 5.75 Å². The van der Waals surface area contributed by atoms with Crippen LogP contribution >= 0.6 is 0 Å². The average Bonchev–Trinajstić information content (AvgIpc) is 3.42. The largest absolute Gasteiger partial charge is 0.508 e. The molecule has 25 heavy (non-hydrogen) atoms. The number of hydrogen-bond acceptors (Lipinski definition) is 3. The fraction of sp³-hybridized carbons (Fsp3) is 0.600. The van der Waals surface area contributed by atoms with E-state index in [2.05, 4.69) is 10.2 Å². The number of phenols is 1. The number of rotatable bonds is 7. The van der Waals surface area contributed by atoms with Crippen LogP contribution in [0.3, 0.4) is 0 Å². The lowest BCUT2D eigenvalue weighted by atomic mass is 9.93. The number of nitrogens with one attached hydrogen (secondary N) is 1. The zero-order chi connectivity index (χ0) is 17.6. The van der Waals surface area contributed by atoms with E-state index in [0.29, 0.717) is 17.6 Å². The molecule has 1 aromatic rings. The molecule has 0 heterocycles. The predicted molar refractivity (Wildman–Crippen MR) is 97.3 cm³/mol. The number of carbonyl (C=O) groups excluding carboxylic acids is 2. The number of carbonyl (C=O) groups is 2. The molecule has 0 spiro atoms. The Morgan fingerprint density at radius 2 is 1.84 bits per heavy atom. The Morgan fingerprint density at radius 3 is 2.52 bits per heavy atom. The summed E-state index contributed by atoms with van der Waals surface area (Å²) >= 11 is 0. The zero-order valence-corrected chi connectivity index (χ0v) is 14.7. The number of benzene rings is 1. The summed E-state index contributed by atoms with van der Waals surface area (Å²) < 4.78 is 0. The smallest absolute Gasteiger partial charge is 0.224 e. The molecule has 5 nitrogen and oxygen atoms in total. The Bertz CT molecular complexity index is 607. The van der Waals surface area contributed by atoms with E-state index in [-0.39, 0.29) is 30.4 Å². The van der Waals surface area contributed by atoms with Crippen molar-refractivity contribution in [3.63, 3.8) is 0 Å². The summed E-state index contributed by atoms with van der Waals surface area (Å²) in [6.45, 7) is 0.873. The molecule has 0 saturated heterocycles. The van der Waals surface area contributed by atoms with Crippen molar-refractivity contribution in [2.45, 2.75) is 63.8 Å². The maximum absolute atomic E-state index is 12.7. The molecule has 0 aromatic heterocycles. The van der Waals surface area contributed by atoms with Gasteiger partial charge in [0.2, 0.25) is 11.8 Å². The third-order valence-corrected chi connectivity index (χ3v) is 5.18. The van der Waals surface area contributed by atoms with Crippen LogP contribution in [0.25, 0.3) is 0 Å². The van der Waals surface area contributed by atoms with Gasteiger partial charge in [-0.05, 0) is 43.7 Å². The van der Waals surface area contributed by atoms with Gasteiger partial charge in [0.25, 0.3) is 0 Å². The number of phenolic OH excluding ortho intramolecular Hbond substituents is 1. The van der Waals surface area contributed by atoms with Crippen LogP contribution in [0.1, 0.15) is 57.8 Å². The first-order valence-electron chi connectivity index (χ1n) is 9.50. The quantitative estimate of drug-likeness (QED) is 0.793. The van der Waals surface area contributed by atoms with Gasteiger partial charge in [0.05, 0.1) is 0 Å². The maximum Gasteiger partial charge on any atom is 0.224 e. The molecular weight excluding hydrogens is 316 g/mol. The summed E-state index contributed by atoms with van der Waals surface area (Å²) in [6, 6.07) is 6.83. The van der Waals surface area contributed by atoms with Crippen molar-refractivity contribution in [2.24, 2.45) is 5.92 Å². The molecule has 2 aliphatic carbocycles. The van der Waals surface area contributed by atoms with Gasteiger partial charge < -0.3 is 15.3 Å². The van der Waals surface area contributed by atoms with E-state index >= 15 is 0 Å². The minimum Gasteiger partial charge on any atom is -0.508 e. The van der Waals surface area contributed by atoms with E-state index in [1.807, 2.05) is 0 Å². The van der Waals surface area contributed by atoms with Crippen LogP contribution < -0.4 is 5.32 Å². The lowest BCUT2D eigenvalue weighted by molar-refractivity contribution is -0.136. The van der Waals surface area contributed by atoms with Gasteiger partial charge in [-0.2, -0.15) is 0 Å². The Balaban J connectivity index is 1.50. The number of nitrogens with zero attached hydrogens (tertiary/aromatic N) is 1. The van der Waals surface area contributed by atoms with Crippen LogP contribution in [-0.4, -0.2) is 34.4 Å². The van der Waals surface area contributed by atoms with Gasteiger partial charge in [-0.1, -0.05) is 25.3 Å². The first-order chi connectivity index (χ1) is 12.1. The minimum absolute atomic E-state index is 0.113. The van der Waals surface area contributed by atoms with E-state index in [9.17, 15) is 14.7 Å². The zero-order valence-electron chi connectivity index (χ0n) is 14.7. The summed E-state index contributed by atoms with van der Waals surface area (Å²) in [5, 5.41) is 12.2. The Morgan fingerprint density at radius 1 is 1.08 bits per heavy atom. The second kappa shape index (κ2) is 8.37. The van der Waals surface area contributed by atoms with E-state index in [1.54, 1.807) is 18.2 Å². The number of anilines is 1. The minimum atomic E-state index is -0.186. The van der Waals surface area contributed by atoms with Gasteiger partial charge in [0, 0.05) is 37.2 Å². The Kier molecular flexibility index (Phi) is 5.95. The van der Waals surface area contributed by atoms with E-state index in [4.69, 9.17) is 0 Å². The van der Waals surface area contributed by atoms with Crippen LogP contribution in [-0.2, 0) is 9.59 Å². The number of hydrogen-bond donors (Lipinski definition) is 2. The molecule has 0 bridgehead atoms. The van der Waals surface area contributed by atoms with Crippen LogP contribution in [0.2, 0.25) is 0 Å². The highest BCUT2D eigenvalue weighted by Crippen LogP contribution is 2.33. The fourth-order valence-corrected chi connectivity index (χ4v) is 3.60. The first-order valence-corrected chi connectivity index (χ1v) is 9.50. The molecule has 0 atom stereocenters. The van der Waals surface area contributed by atoms with Gasteiger partial charge >= 0.3 is 0 Å². The third kappa shape index (κ3) is 5.48. The van der Waals surface area contributed by atoms with Crippen LogP contribution in [0.15, 0.2) is 24.3 Å². The number of amides is 2. The molecule has 136 valence electrons. The van der Waals surface area contributed by atoms with Crippen molar-refractivity contribution in [1.82, 2.24) is 4.90 Å². The van der Waals surface area contributed by atoms with E-state index < -0.39 is 0 Å². The average molecular weight is 344 g/mol. The summed E-state index contributed by atoms with van der Waals surface area (Å²) in [7, 11) is 0. The van der Waals surface area contributed by atoms with Crippen molar-refractivity contribution in [1.29, 1.82) is 0 Å². The maximum atomic E-state index is 12.7.